The highest BCUT2D eigenvalue weighted by Gasteiger charge is 2.08. The van der Waals surface area contributed by atoms with Crippen molar-refractivity contribution in [3.05, 3.63) is 35.9 Å². The molecule has 1 aromatic rings. The van der Waals surface area contributed by atoms with Crippen molar-refractivity contribution in [2.24, 2.45) is 5.92 Å². The zero-order valence-corrected chi connectivity index (χ0v) is 9.80. The second kappa shape index (κ2) is 6.08. The summed E-state index contributed by atoms with van der Waals surface area (Å²) in [5, 5.41) is 0.185. The lowest BCUT2D eigenvalue weighted by Gasteiger charge is -2.12. The van der Waals surface area contributed by atoms with E-state index in [0.29, 0.717) is 0 Å². The van der Waals surface area contributed by atoms with Crippen LogP contribution in [0.4, 0.5) is 0 Å². The molecule has 0 aromatic heterocycles. The van der Waals surface area contributed by atoms with E-state index in [1.54, 1.807) is 0 Å². The van der Waals surface area contributed by atoms with Gasteiger partial charge < -0.3 is 0 Å². The number of hydrogen-bond donors (Lipinski definition) is 0. The van der Waals surface area contributed by atoms with Gasteiger partial charge in [-0.05, 0) is 24.3 Å². The summed E-state index contributed by atoms with van der Waals surface area (Å²) in [4.78, 5) is 0. The number of halogens is 1. The van der Waals surface area contributed by atoms with Crippen molar-refractivity contribution in [1.82, 2.24) is 0 Å². The Morgan fingerprint density at radius 2 is 1.79 bits per heavy atom. The number of rotatable bonds is 5. The highest BCUT2D eigenvalue weighted by molar-refractivity contribution is 6.20. The van der Waals surface area contributed by atoms with Crippen LogP contribution in [-0.4, -0.2) is 0 Å². The van der Waals surface area contributed by atoms with Crippen molar-refractivity contribution in [2.45, 2.75) is 38.5 Å². The molecule has 0 aliphatic carbocycles. The molecule has 0 saturated carbocycles. The van der Waals surface area contributed by atoms with Crippen LogP contribution in [0.3, 0.4) is 0 Å². The normalized spacial score (nSPS) is 15.1. The number of hydrogen-bond acceptors (Lipinski definition) is 0. The maximum absolute atomic E-state index is 6.31. The molecule has 0 aliphatic rings. The van der Waals surface area contributed by atoms with Gasteiger partial charge in [-0.25, -0.2) is 0 Å². The molecule has 2 unspecified atom stereocenters. The third kappa shape index (κ3) is 3.71. The monoisotopic (exact) mass is 210 g/mol. The van der Waals surface area contributed by atoms with Crippen LogP contribution >= 0.6 is 11.6 Å². The molecule has 0 fully saturated rings. The maximum atomic E-state index is 6.31. The van der Waals surface area contributed by atoms with Gasteiger partial charge >= 0.3 is 0 Å². The van der Waals surface area contributed by atoms with E-state index in [4.69, 9.17) is 11.6 Å². The van der Waals surface area contributed by atoms with Gasteiger partial charge in [-0.3, -0.25) is 0 Å². The zero-order chi connectivity index (χ0) is 10.4. The first kappa shape index (κ1) is 11.6. The molecule has 0 amide bonds. The summed E-state index contributed by atoms with van der Waals surface area (Å²) in [5.74, 6) is 0.792. The molecule has 1 heteroatoms. The summed E-state index contributed by atoms with van der Waals surface area (Å²) in [7, 11) is 0. The van der Waals surface area contributed by atoms with Gasteiger partial charge in [0, 0.05) is 0 Å². The SMILES string of the molecule is CCC(C)CCC(Cl)c1ccccc1. The van der Waals surface area contributed by atoms with E-state index in [9.17, 15) is 0 Å². The second-order valence-electron chi connectivity index (χ2n) is 3.97. The summed E-state index contributed by atoms with van der Waals surface area (Å²) in [6.45, 7) is 4.52. The number of alkyl halides is 1. The van der Waals surface area contributed by atoms with Gasteiger partial charge in [0.25, 0.3) is 0 Å². The topological polar surface area (TPSA) is 0 Å². The summed E-state index contributed by atoms with van der Waals surface area (Å²) >= 11 is 6.31. The molecule has 14 heavy (non-hydrogen) atoms. The first-order valence-electron chi connectivity index (χ1n) is 5.43. The molecule has 0 heterocycles. The van der Waals surface area contributed by atoms with Crippen molar-refractivity contribution >= 4 is 11.6 Å². The molecular formula is C13H19Cl. The molecule has 0 aliphatic heterocycles. The molecule has 1 aromatic carbocycles. The third-order valence-electron chi connectivity index (χ3n) is 2.77. The average Bonchev–Trinajstić information content (AvgIpc) is 2.26. The Morgan fingerprint density at radius 3 is 2.36 bits per heavy atom. The van der Waals surface area contributed by atoms with E-state index in [1.165, 1.54) is 18.4 Å². The van der Waals surface area contributed by atoms with Gasteiger partial charge in [0.15, 0.2) is 0 Å². The second-order valence-corrected chi connectivity index (χ2v) is 4.50. The maximum Gasteiger partial charge on any atom is 0.0585 e. The van der Waals surface area contributed by atoms with E-state index >= 15 is 0 Å². The highest BCUT2D eigenvalue weighted by atomic mass is 35.5. The first-order chi connectivity index (χ1) is 6.74. The lowest BCUT2D eigenvalue weighted by atomic mass is 9.99. The van der Waals surface area contributed by atoms with E-state index in [2.05, 4.69) is 26.0 Å². The van der Waals surface area contributed by atoms with Crippen molar-refractivity contribution in [3.8, 4) is 0 Å². The van der Waals surface area contributed by atoms with Gasteiger partial charge in [0.2, 0.25) is 0 Å². The van der Waals surface area contributed by atoms with Gasteiger partial charge in [0.1, 0.15) is 0 Å². The fourth-order valence-corrected chi connectivity index (χ4v) is 1.73. The Labute approximate surface area is 92.3 Å². The van der Waals surface area contributed by atoms with Crippen molar-refractivity contribution in [1.29, 1.82) is 0 Å². The van der Waals surface area contributed by atoms with Gasteiger partial charge in [-0.1, -0.05) is 50.6 Å². The summed E-state index contributed by atoms with van der Waals surface area (Å²) in [5.41, 5.74) is 1.25. The van der Waals surface area contributed by atoms with Gasteiger partial charge in [0.05, 0.1) is 5.38 Å². The first-order valence-corrected chi connectivity index (χ1v) is 5.86. The molecule has 0 spiro atoms. The minimum atomic E-state index is 0.185. The Hall–Kier alpha value is -0.490. The largest absolute Gasteiger partial charge is 0.118 e. The predicted octanol–water partition coefficient (Wildman–Crippen LogP) is 4.79. The van der Waals surface area contributed by atoms with Crippen molar-refractivity contribution in [3.63, 3.8) is 0 Å². The molecule has 78 valence electrons. The summed E-state index contributed by atoms with van der Waals surface area (Å²) < 4.78 is 0. The van der Waals surface area contributed by atoms with Crippen LogP contribution in [0.1, 0.15) is 44.1 Å². The summed E-state index contributed by atoms with van der Waals surface area (Å²) in [6, 6.07) is 10.3. The Kier molecular flexibility index (Phi) is 5.03. The minimum absolute atomic E-state index is 0.185. The van der Waals surface area contributed by atoms with Crippen molar-refractivity contribution in [2.75, 3.05) is 0 Å². The third-order valence-corrected chi connectivity index (χ3v) is 3.24. The van der Waals surface area contributed by atoms with Gasteiger partial charge in [-0.2, -0.15) is 0 Å². The quantitative estimate of drug-likeness (QED) is 0.613. The fraction of sp³-hybridized carbons (Fsp3) is 0.538. The standard InChI is InChI=1S/C13H19Cl/c1-3-11(2)9-10-13(14)12-7-5-4-6-8-12/h4-8,11,13H,3,9-10H2,1-2H3. The fourth-order valence-electron chi connectivity index (χ4n) is 1.46. The number of benzene rings is 1. The molecule has 0 nitrogen and oxygen atoms in total. The Morgan fingerprint density at radius 1 is 1.14 bits per heavy atom. The predicted molar refractivity (Wildman–Crippen MR) is 63.7 cm³/mol. The van der Waals surface area contributed by atoms with Gasteiger partial charge in [-0.15, -0.1) is 11.6 Å². The molecule has 0 bridgehead atoms. The highest BCUT2D eigenvalue weighted by Crippen LogP contribution is 2.27. The zero-order valence-electron chi connectivity index (χ0n) is 9.04. The molecule has 0 N–H and O–H groups in total. The van der Waals surface area contributed by atoms with Crippen LogP contribution in [0.25, 0.3) is 0 Å². The molecule has 2 atom stereocenters. The minimum Gasteiger partial charge on any atom is -0.118 e. The Bertz CT molecular complexity index is 243. The van der Waals surface area contributed by atoms with Crippen molar-refractivity contribution < 1.29 is 0 Å². The van der Waals surface area contributed by atoms with E-state index < -0.39 is 0 Å². The van der Waals surface area contributed by atoms with E-state index in [1.807, 2.05) is 18.2 Å². The lowest BCUT2D eigenvalue weighted by molar-refractivity contribution is 0.491. The molecule has 0 saturated heterocycles. The molecular weight excluding hydrogens is 192 g/mol. The Balaban J connectivity index is 2.39. The van der Waals surface area contributed by atoms with Crippen LogP contribution in [-0.2, 0) is 0 Å². The van der Waals surface area contributed by atoms with Crippen LogP contribution < -0.4 is 0 Å². The molecule has 0 radical (unpaired) electrons. The van der Waals surface area contributed by atoms with Crippen LogP contribution in [0.5, 0.6) is 0 Å². The van der Waals surface area contributed by atoms with E-state index in [0.717, 1.165) is 12.3 Å². The van der Waals surface area contributed by atoms with Crippen LogP contribution in [0.2, 0.25) is 0 Å². The summed E-state index contributed by atoms with van der Waals surface area (Å²) in [6.07, 6.45) is 3.55. The smallest absolute Gasteiger partial charge is 0.0585 e. The van der Waals surface area contributed by atoms with Crippen LogP contribution in [0, 0.1) is 5.92 Å². The van der Waals surface area contributed by atoms with E-state index in [-0.39, 0.29) is 5.38 Å². The average molecular weight is 211 g/mol. The molecule has 1 rings (SSSR count). The van der Waals surface area contributed by atoms with Crippen LogP contribution in [0.15, 0.2) is 30.3 Å². The lowest BCUT2D eigenvalue weighted by Crippen LogP contribution is -1.96.